The van der Waals surface area contributed by atoms with Crippen molar-refractivity contribution in [1.82, 2.24) is 0 Å². The van der Waals surface area contributed by atoms with Gasteiger partial charge in [-0.1, -0.05) is 12.8 Å². The fourth-order valence-electron chi connectivity index (χ4n) is 2.08. The Kier molecular flexibility index (Phi) is 1.99. The Labute approximate surface area is 73.8 Å². The summed E-state index contributed by atoms with van der Waals surface area (Å²) >= 11 is 0. The first-order chi connectivity index (χ1) is 5.77. The molecule has 2 aliphatic rings. The quantitative estimate of drug-likeness (QED) is 0.524. The predicted molar refractivity (Wildman–Crippen MR) is 52.3 cm³/mol. The summed E-state index contributed by atoms with van der Waals surface area (Å²) in [5.41, 5.74) is 2.30. The lowest BCUT2D eigenvalue weighted by Crippen LogP contribution is -2.33. The molecule has 0 saturated heterocycles. The monoisotopic (exact) mass is 164 g/mol. The number of fused-ring (bicyclic) bond motifs is 1. The molecule has 0 aromatic rings. The van der Waals surface area contributed by atoms with Crippen LogP contribution in [0.4, 0.5) is 0 Å². The van der Waals surface area contributed by atoms with Crippen LogP contribution in [-0.2, 0) is 0 Å². The van der Waals surface area contributed by atoms with E-state index in [2.05, 4.69) is 23.8 Å². The minimum Gasteiger partial charge on any atom is -0.283 e. The first-order valence-electron chi connectivity index (χ1n) is 4.86. The minimum atomic E-state index is 0.516. The summed E-state index contributed by atoms with van der Waals surface area (Å²) in [4.78, 5) is 9.34. The molecule has 2 rings (SSSR count). The van der Waals surface area contributed by atoms with E-state index in [1.165, 1.54) is 25.7 Å². The molecule has 12 heavy (non-hydrogen) atoms. The van der Waals surface area contributed by atoms with Crippen molar-refractivity contribution in [3.8, 4) is 0 Å². The largest absolute Gasteiger partial charge is 0.283 e. The van der Waals surface area contributed by atoms with Gasteiger partial charge in [-0.05, 0) is 26.7 Å². The van der Waals surface area contributed by atoms with E-state index in [1.807, 2.05) is 0 Å². The second-order valence-corrected chi connectivity index (χ2v) is 3.85. The van der Waals surface area contributed by atoms with E-state index in [-0.39, 0.29) is 0 Å². The van der Waals surface area contributed by atoms with Crippen LogP contribution in [0, 0.1) is 0 Å². The van der Waals surface area contributed by atoms with E-state index in [0.717, 1.165) is 11.4 Å². The smallest absolute Gasteiger partial charge is 0.0726 e. The SMILES string of the molecule is CC1=NC2CCCCC2N=C1C. The van der Waals surface area contributed by atoms with Gasteiger partial charge in [0.1, 0.15) is 0 Å². The van der Waals surface area contributed by atoms with Gasteiger partial charge in [0.15, 0.2) is 0 Å². The highest BCUT2D eigenvalue weighted by molar-refractivity contribution is 6.41. The Bertz CT molecular complexity index is 214. The summed E-state index contributed by atoms with van der Waals surface area (Å²) in [6, 6.07) is 1.03. The van der Waals surface area contributed by atoms with Crippen LogP contribution in [0.2, 0.25) is 0 Å². The Balaban J connectivity index is 2.19. The van der Waals surface area contributed by atoms with Gasteiger partial charge in [0.2, 0.25) is 0 Å². The van der Waals surface area contributed by atoms with E-state index < -0.39 is 0 Å². The molecular formula is C10H16N2. The zero-order valence-corrected chi connectivity index (χ0v) is 7.88. The number of hydrogen-bond donors (Lipinski definition) is 0. The maximum Gasteiger partial charge on any atom is 0.0726 e. The second-order valence-electron chi connectivity index (χ2n) is 3.85. The highest BCUT2D eigenvalue weighted by Crippen LogP contribution is 2.26. The van der Waals surface area contributed by atoms with Crippen molar-refractivity contribution >= 4 is 11.4 Å². The first-order valence-corrected chi connectivity index (χ1v) is 4.86. The van der Waals surface area contributed by atoms with E-state index in [4.69, 9.17) is 0 Å². The fraction of sp³-hybridized carbons (Fsp3) is 0.800. The van der Waals surface area contributed by atoms with Gasteiger partial charge in [-0.2, -0.15) is 0 Å². The molecule has 0 N–H and O–H groups in total. The molecule has 1 heterocycles. The van der Waals surface area contributed by atoms with Gasteiger partial charge in [0.05, 0.1) is 23.5 Å². The number of rotatable bonds is 0. The fourth-order valence-corrected chi connectivity index (χ4v) is 2.08. The molecule has 0 aromatic heterocycles. The van der Waals surface area contributed by atoms with E-state index >= 15 is 0 Å². The molecule has 2 unspecified atom stereocenters. The van der Waals surface area contributed by atoms with Crippen LogP contribution in [0.15, 0.2) is 9.98 Å². The Morgan fingerprint density at radius 2 is 1.33 bits per heavy atom. The molecule has 0 amide bonds. The predicted octanol–water partition coefficient (Wildman–Crippen LogP) is 2.23. The highest BCUT2D eigenvalue weighted by Gasteiger charge is 2.27. The number of hydrogen-bond acceptors (Lipinski definition) is 2. The standard InChI is InChI=1S/C10H16N2/c1-7-8(2)12-10-6-4-3-5-9(10)11-7/h9-10H,3-6H2,1-2H3. The van der Waals surface area contributed by atoms with Crippen LogP contribution in [0.5, 0.6) is 0 Å². The molecule has 2 atom stereocenters. The average molecular weight is 164 g/mol. The summed E-state index contributed by atoms with van der Waals surface area (Å²) in [5, 5.41) is 0. The lowest BCUT2D eigenvalue weighted by atomic mass is 9.89. The van der Waals surface area contributed by atoms with E-state index in [9.17, 15) is 0 Å². The Hall–Kier alpha value is -0.660. The van der Waals surface area contributed by atoms with Gasteiger partial charge in [0, 0.05) is 0 Å². The minimum absolute atomic E-state index is 0.516. The first kappa shape index (κ1) is 7.96. The van der Waals surface area contributed by atoms with Gasteiger partial charge in [-0.15, -0.1) is 0 Å². The van der Waals surface area contributed by atoms with Gasteiger partial charge in [-0.25, -0.2) is 0 Å². The maximum atomic E-state index is 4.67. The summed E-state index contributed by atoms with van der Waals surface area (Å²) in [6.45, 7) is 4.15. The highest BCUT2D eigenvalue weighted by atomic mass is 15.0. The molecule has 2 heteroatoms. The average Bonchev–Trinajstić information content (AvgIpc) is 2.07. The van der Waals surface area contributed by atoms with Crippen molar-refractivity contribution in [2.45, 2.75) is 51.6 Å². The molecule has 0 bridgehead atoms. The lowest BCUT2D eigenvalue weighted by Gasteiger charge is -2.29. The molecule has 0 spiro atoms. The molecule has 0 aromatic carbocycles. The van der Waals surface area contributed by atoms with E-state index in [1.54, 1.807) is 0 Å². The third-order valence-corrected chi connectivity index (χ3v) is 2.94. The van der Waals surface area contributed by atoms with Gasteiger partial charge >= 0.3 is 0 Å². The lowest BCUT2D eigenvalue weighted by molar-refractivity contribution is 0.385. The number of nitrogens with zero attached hydrogens (tertiary/aromatic N) is 2. The van der Waals surface area contributed by atoms with Crippen LogP contribution in [0.1, 0.15) is 39.5 Å². The molecule has 2 nitrogen and oxygen atoms in total. The Morgan fingerprint density at radius 3 is 1.75 bits per heavy atom. The maximum absolute atomic E-state index is 4.67. The van der Waals surface area contributed by atoms with Crippen LogP contribution in [0.25, 0.3) is 0 Å². The molecule has 1 fully saturated rings. The third-order valence-electron chi connectivity index (χ3n) is 2.94. The summed E-state index contributed by atoms with van der Waals surface area (Å²) in [5.74, 6) is 0. The van der Waals surface area contributed by atoms with E-state index in [0.29, 0.717) is 12.1 Å². The summed E-state index contributed by atoms with van der Waals surface area (Å²) in [7, 11) is 0. The number of aliphatic imine (C=N–C) groups is 2. The van der Waals surface area contributed by atoms with Crippen LogP contribution >= 0.6 is 0 Å². The molecule has 0 radical (unpaired) electrons. The van der Waals surface area contributed by atoms with Gasteiger partial charge in [0.25, 0.3) is 0 Å². The zero-order chi connectivity index (χ0) is 8.55. The van der Waals surface area contributed by atoms with Crippen LogP contribution in [0.3, 0.4) is 0 Å². The molecule has 1 aliphatic carbocycles. The summed E-state index contributed by atoms with van der Waals surface area (Å²) in [6.07, 6.45) is 5.18. The van der Waals surface area contributed by atoms with Crippen LogP contribution in [-0.4, -0.2) is 23.5 Å². The van der Waals surface area contributed by atoms with Crippen molar-refractivity contribution in [2.75, 3.05) is 0 Å². The third kappa shape index (κ3) is 1.30. The van der Waals surface area contributed by atoms with Crippen LogP contribution < -0.4 is 0 Å². The normalized spacial score (nSPS) is 35.2. The van der Waals surface area contributed by atoms with Crippen molar-refractivity contribution in [2.24, 2.45) is 9.98 Å². The topological polar surface area (TPSA) is 24.7 Å². The second kappa shape index (κ2) is 3.00. The van der Waals surface area contributed by atoms with Crippen molar-refractivity contribution in [3.63, 3.8) is 0 Å². The molecule has 1 saturated carbocycles. The van der Waals surface area contributed by atoms with Gasteiger partial charge in [-0.3, -0.25) is 9.98 Å². The summed E-state index contributed by atoms with van der Waals surface area (Å²) < 4.78 is 0. The Morgan fingerprint density at radius 1 is 0.917 bits per heavy atom. The molecule has 1 aliphatic heterocycles. The van der Waals surface area contributed by atoms with Gasteiger partial charge < -0.3 is 0 Å². The van der Waals surface area contributed by atoms with Crippen molar-refractivity contribution in [1.29, 1.82) is 0 Å². The zero-order valence-electron chi connectivity index (χ0n) is 7.88. The van der Waals surface area contributed by atoms with Crippen molar-refractivity contribution in [3.05, 3.63) is 0 Å². The van der Waals surface area contributed by atoms with Crippen molar-refractivity contribution < 1.29 is 0 Å². The molecule has 66 valence electrons. The molecular weight excluding hydrogens is 148 g/mol.